The van der Waals surface area contributed by atoms with Crippen LogP contribution in [0.2, 0.25) is 0 Å². The van der Waals surface area contributed by atoms with E-state index in [9.17, 15) is 9.90 Å². The summed E-state index contributed by atoms with van der Waals surface area (Å²) in [6.07, 6.45) is 0. The van der Waals surface area contributed by atoms with Gasteiger partial charge in [-0.05, 0) is 29.8 Å². The molecule has 0 fully saturated rings. The summed E-state index contributed by atoms with van der Waals surface area (Å²) in [5.74, 6) is -1.11. The first-order valence-corrected chi connectivity index (χ1v) is 7.69. The summed E-state index contributed by atoms with van der Waals surface area (Å²) in [4.78, 5) is 16.2. The van der Waals surface area contributed by atoms with Crippen molar-refractivity contribution in [2.45, 2.75) is 0 Å². The van der Waals surface area contributed by atoms with Crippen molar-refractivity contribution in [1.82, 2.24) is 4.98 Å². The smallest absolute Gasteiger partial charge is 0.365 e. The van der Waals surface area contributed by atoms with Crippen LogP contribution in [0.3, 0.4) is 0 Å². The van der Waals surface area contributed by atoms with E-state index in [0.29, 0.717) is 27.3 Å². The highest BCUT2D eigenvalue weighted by Crippen LogP contribution is 2.37. The number of hydrogen-bond donors (Lipinski definition) is 1. The van der Waals surface area contributed by atoms with Crippen molar-refractivity contribution in [2.24, 2.45) is 0 Å². The van der Waals surface area contributed by atoms with Gasteiger partial charge in [-0.25, -0.2) is 9.78 Å². The standard InChI is InChI=1S/C18H9N3O2S/c19-9-11-3-1-5-13(7-11)15-16(24-17(21-15)18(22)23)14-6-2-4-12(8-14)10-20/h1-8H,(H,22,23). The minimum absolute atomic E-state index is 0.0373. The maximum absolute atomic E-state index is 11.3. The second kappa shape index (κ2) is 6.33. The highest BCUT2D eigenvalue weighted by atomic mass is 32.1. The summed E-state index contributed by atoms with van der Waals surface area (Å²) in [6, 6.07) is 17.9. The van der Waals surface area contributed by atoms with Gasteiger partial charge in [0.05, 0.1) is 33.8 Å². The summed E-state index contributed by atoms with van der Waals surface area (Å²) in [6.45, 7) is 0. The molecule has 1 heterocycles. The molecule has 0 spiro atoms. The average molecular weight is 331 g/mol. The molecule has 1 aromatic heterocycles. The van der Waals surface area contributed by atoms with E-state index in [2.05, 4.69) is 17.1 Å². The monoisotopic (exact) mass is 331 g/mol. The van der Waals surface area contributed by atoms with Gasteiger partial charge in [-0.3, -0.25) is 0 Å². The van der Waals surface area contributed by atoms with E-state index < -0.39 is 5.97 Å². The molecule has 0 aliphatic rings. The Kier molecular flexibility index (Phi) is 4.07. The van der Waals surface area contributed by atoms with Gasteiger partial charge in [0.25, 0.3) is 0 Å². The van der Waals surface area contributed by atoms with Crippen LogP contribution in [0.5, 0.6) is 0 Å². The van der Waals surface area contributed by atoms with Crippen LogP contribution >= 0.6 is 11.3 Å². The number of rotatable bonds is 3. The molecule has 6 heteroatoms. The molecule has 0 bridgehead atoms. The topological polar surface area (TPSA) is 97.8 Å². The number of aromatic nitrogens is 1. The van der Waals surface area contributed by atoms with E-state index >= 15 is 0 Å². The zero-order valence-electron chi connectivity index (χ0n) is 12.2. The molecular weight excluding hydrogens is 322 g/mol. The van der Waals surface area contributed by atoms with Gasteiger partial charge in [0.2, 0.25) is 5.01 Å². The third-order valence-corrected chi connectivity index (χ3v) is 4.42. The van der Waals surface area contributed by atoms with Crippen molar-refractivity contribution < 1.29 is 9.90 Å². The minimum atomic E-state index is -1.11. The zero-order valence-corrected chi connectivity index (χ0v) is 13.0. The summed E-state index contributed by atoms with van der Waals surface area (Å²) in [5.41, 5.74) is 2.82. The maximum atomic E-state index is 11.3. The van der Waals surface area contributed by atoms with Crippen LogP contribution in [0.25, 0.3) is 21.7 Å². The van der Waals surface area contributed by atoms with Gasteiger partial charge in [-0.1, -0.05) is 24.3 Å². The molecule has 3 rings (SSSR count). The number of nitrogens with zero attached hydrogens (tertiary/aromatic N) is 3. The molecular formula is C18H9N3O2S. The van der Waals surface area contributed by atoms with Crippen LogP contribution in [0.4, 0.5) is 0 Å². The Morgan fingerprint density at radius 3 is 2.17 bits per heavy atom. The molecule has 5 nitrogen and oxygen atoms in total. The fourth-order valence-electron chi connectivity index (χ4n) is 2.27. The van der Waals surface area contributed by atoms with Crippen molar-refractivity contribution in [2.75, 3.05) is 0 Å². The SMILES string of the molecule is N#Cc1cccc(-c2nc(C(=O)O)sc2-c2cccc(C#N)c2)c1. The number of hydrogen-bond acceptors (Lipinski definition) is 5. The quantitative estimate of drug-likeness (QED) is 0.784. The molecule has 0 aliphatic carbocycles. The van der Waals surface area contributed by atoms with Crippen molar-refractivity contribution >= 4 is 17.3 Å². The Hall–Kier alpha value is -3.48. The van der Waals surface area contributed by atoms with Crippen molar-refractivity contribution in [3.8, 4) is 33.8 Å². The lowest BCUT2D eigenvalue weighted by atomic mass is 10.0. The van der Waals surface area contributed by atoms with Crippen molar-refractivity contribution in [3.63, 3.8) is 0 Å². The number of nitriles is 2. The van der Waals surface area contributed by atoms with Crippen LogP contribution in [-0.4, -0.2) is 16.1 Å². The predicted molar refractivity (Wildman–Crippen MR) is 89.4 cm³/mol. The number of thiazole rings is 1. The molecule has 0 unspecified atom stereocenters. The molecule has 0 atom stereocenters. The summed E-state index contributed by atoms with van der Waals surface area (Å²) in [5, 5.41) is 27.3. The largest absolute Gasteiger partial charge is 0.476 e. The molecule has 0 amide bonds. The molecule has 2 aromatic carbocycles. The van der Waals surface area contributed by atoms with Crippen LogP contribution in [0.1, 0.15) is 20.9 Å². The zero-order chi connectivity index (χ0) is 17.1. The van der Waals surface area contributed by atoms with Gasteiger partial charge in [-0.2, -0.15) is 10.5 Å². The number of benzene rings is 2. The van der Waals surface area contributed by atoms with Gasteiger partial charge in [-0.15, -0.1) is 11.3 Å². The Labute approximate surface area is 141 Å². The van der Waals surface area contributed by atoms with Crippen molar-refractivity contribution in [1.29, 1.82) is 10.5 Å². The molecule has 0 saturated carbocycles. The minimum Gasteiger partial charge on any atom is -0.476 e. The lowest BCUT2D eigenvalue weighted by Gasteiger charge is -2.03. The summed E-state index contributed by atoms with van der Waals surface area (Å²) < 4.78 is 0. The number of aromatic carboxylic acids is 1. The lowest BCUT2D eigenvalue weighted by Crippen LogP contribution is -1.94. The number of carboxylic acids is 1. The van der Waals surface area contributed by atoms with E-state index in [0.717, 1.165) is 16.9 Å². The molecule has 0 radical (unpaired) electrons. The van der Waals surface area contributed by atoms with E-state index in [1.807, 2.05) is 0 Å². The van der Waals surface area contributed by atoms with Crippen LogP contribution in [0.15, 0.2) is 48.5 Å². The van der Waals surface area contributed by atoms with Gasteiger partial charge in [0, 0.05) is 5.56 Å². The fourth-order valence-corrected chi connectivity index (χ4v) is 3.19. The molecule has 24 heavy (non-hydrogen) atoms. The highest BCUT2D eigenvalue weighted by molar-refractivity contribution is 7.17. The van der Waals surface area contributed by atoms with Gasteiger partial charge in [0.15, 0.2) is 0 Å². The van der Waals surface area contributed by atoms with E-state index in [4.69, 9.17) is 10.5 Å². The van der Waals surface area contributed by atoms with Crippen LogP contribution < -0.4 is 0 Å². The molecule has 1 N–H and O–H groups in total. The van der Waals surface area contributed by atoms with Gasteiger partial charge < -0.3 is 5.11 Å². The second-order valence-corrected chi connectivity index (χ2v) is 5.89. The summed E-state index contributed by atoms with van der Waals surface area (Å²) >= 11 is 1.05. The van der Waals surface area contributed by atoms with Crippen molar-refractivity contribution in [3.05, 3.63) is 64.7 Å². The Morgan fingerprint density at radius 1 is 1.00 bits per heavy atom. The molecule has 114 valence electrons. The number of carboxylic acid groups (broad SMARTS) is 1. The first-order valence-electron chi connectivity index (χ1n) is 6.87. The average Bonchev–Trinajstić information content (AvgIpc) is 3.07. The second-order valence-electron chi connectivity index (χ2n) is 4.89. The number of carbonyl (C=O) groups is 1. The first kappa shape index (κ1) is 15.4. The maximum Gasteiger partial charge on any atom is 0.365 e. The van der Waals surface area contributed by atoms with E-state index in [1.54, 1.807) is 48.5 Å². The molecule has 0 aliphatic heterocycles. The highest BCUT2D eigenvalue weighted by Gasteiger charge is 2.19. The molecule has 3 aromatic rings. The third kappa shape index (κ3) is 2.87. The normalized spacial score (nSPS) is 9.92. The van der Waals surface area contributed by atoms with Gasteiger partial charge in [0.1, 0.15) is 0 Å². The Bertz CT molecular complexity index is 950. The van der Waals surface area contributed by atoms with E-state index in [1.165, 1.54) is 0 Å². The summed E-state index contributed by atoms with van der Waals surface area (Å²) in [7, 11) is 0. The van der Waals surface area contributed by atoms with Gasteiger partial charge >= 0.3 is 5.97 Å². The Balaban J connectivity index is 2.23. The fraction of sp³-hybridized carbons (Fsp3) is 0. The van der Waals surface area contributed by atoms with Crippen LogP contribution in [0, 0.1) is 22.7 Å². The van der Waals surface area contributed by atoms with E-state index in [-0.39, 0.29) is 5.01 Å². The van der Waals surface area contributed by atoms with Crippen LogP contribution in [-0.2, 0) is 0 Å². The third-order valence-electron chi connectivity index (χ3n) is 3.33. The lowest BCUT2D eigenvalue weighted by molar-refractivity contribution is 0.0696. The molecule has 0 saturated heterocycles. The first-order chi connectivity index (χ1) is 11.6. The predicted octanol–water partition coefficient (Wildman–Crippen LogP) is 3.92. The Morgan fingerprint density at radius 2 is 1.58 bits per heavy atom.